The molecule has 0 aliphatic heterocycles. The first-order valence-corrected chi connectivity index (χ1v) is 17.3. The van der Waals surface area contributed by atoms with Crippen LogP contribution in [-0.2, 0) is 39.0 Å². The fourth-order valence-corrected chi connectivity index (χ4v) is 6.79. The van der Waals surface area contributed by atoms with Crippen LogP contribution in [0.3, 0.4) is 0 Å². The van der Waals surface area contributed by atoms with Gasteiger partial charge in [0, 0.05) is 37.0 Å². The Kier molecular flexibility index (Phi) is 11.7. The molecule has 4 rings (SSSR count). The molecular formula is C34H42ClN3O4S. The number of amides is 2. The minimum atomic E-state index is -3.57. The molecule has 0 radical (unpaired) electrons. The number of hydrogen-bond donors (Lipinski definition) is 1. The fourth-order valence-electron chi connectivity index (χ4n) is 5.63. The van der Waals surface area contributed by atoms with Crippen LogP contribution in [0.2, 0.25) is 5.02 Å². The van der Waals surface area contributed by atoms with Crippen LogP contribution in [0.4, 0.5) is 5.69 Å². The van der Waals surface area contributed by atoms with Crippen molar-refractivity contribution >= 4 is 39.1 Å². The SMILES string of the molecule is CCc1ccc(N(CCCC(=O)N(Cc2ccccc2Cl)C(Cc2ccccc2)C(=O)NC2CCCC2)S(C)(=O)=O)cc1. The molecule has 1 atom stereocenters. The molecule has 0 bridgehead atoms. The second-order valence-corrected chi connectivity index (χ2v) is 13.6. The zero-order chi connectivity index (χ0) is 30.8. The quantitative estimate of drug-likeness (QED) is 0.233. The van der Waals surface area contributed by atoms with Gasteiger partial charge in [0.15, 0.2) is 0 Å². The van der Waals surface area contributed by atoms with Gasteiger partial charge in [-0.15, -0.1) is 0 Å². The molecule has 1 unspecified atom stereocenters. The van der Waals surface area contributed by atoms with Crippen molar-refractivity contribution in [2.45, 2.75) is 76.9 Å². The molecule has 2 amide bonds. The van der Waals surface area contributed by atoms with Crippen LogP contribution in [0.5, 0.6) is 0 Å². The van der Waals surface area contributed by atoms with Crippen molar-refractivity contribution in [2.24, 2.45) is 0 Å². The normalized spacial score (nSPS) is 14.3. The number of aryl methyl sites for hydroxylation is 1. The van der Waals surface area contributed by atoms with Crippen molar-refractivity contribution in [2.75, 3.05) is 17.1 Å². The Morgan fingerprint density at radius 3 is 2.21 bits per heavy atom. The van der Waals surface area contributed by atoms with E-state index in [-0.39, 0.29) is 37.4 Å². The number of rotatable bonds is 14. The van der Waals surface area contributed by atoms with Crippen LogP contribution < -0.4 is 9.62 Å². The molecule has 1 fully saturated rings. The average Bonchev–Trinajstić information content (AvgIpc) is 3.51. The van der Waals surface area contributed by atoms with Crippen LogP contribution in [0.25, 0.3) is 0 Å². The lowest BCUT2D eigenvalue weighted by Gasteiger charge is -2.33. The summed E-state index contributed by atoms with van der Waals surface area (Å²) in [7, 11) is -3.57. The van der Waals surface area contributed by atoms with Gasteiger partial charge >= 0.3 is 0 Å². The maximum absolute atomic E-state index is 14.0. The molecule has 0 spiro atoms. The fraction of sp³-hybridized carbons (Fsp3) is 0.412. The maximum Gasteiger partial charge on any atom is 0.243 e. The molecular weight excluding hydrogens is 582 g/mol. The smallest absolute Gasteiger partial charge is 0.243 e. The van der Waals surface area contributed by atoms with Crippen LogP contribution in [0.1, 0.15) is 62.1 Å². The standard InChI is InChI=1S/C34H42ClN3O4S/c1-3-26-19-21-30(22-20-26)38(43(2,41)42)23-11-18-33(39)37(25-28-14-7-10-17-31(28)35)32(24-27-12-5-4-6-13-27)34(40)36-29-15-8-9-16-29/h4-7,10,12-14,17,19-22,29,32H,3,8-9,11,15-16,18,23-25H2,1-2H3,(H,36,40). The van der Waals surface area contributed by atoms with Gasteiger partial charge in [0.05, 0.1) is 11.9 Å². The number of carbonyl (C=O) groups is 2. The predicted molar refractivity (Wildman–Crippen MR) is 174 cm³/mol. The molecule has 0 saturated heterocycles. The molecule has 43 heavy (non-hydrogen) atoms. The van der Waals surface area contributed by atoms with Crippen molar-refractivity contribution < 1.29 is 18.0 Å². The number of carbonyl (C=O) groups excluding carboxylic acids is 2. The van der Waals surface area contributed by atoms with Crippen molar-refractivity contribution in [3.8, 4) is 0 Å². The van der Waals surface area contributed by atoms with Gasteiger partial charge in [-0.25, -0.2) is 8.42 Å². The summed E-state index contributed by atoms with van der Waals surface area (Å²) in [6.07, 6.45) is 6.78. The topological polar surface area (TPSA) is 86.8 Å². The van der Waals surface area contributed by atoms with Crippen LogP contribution >= 0.6 is 11.6 Å². The molecule has 0 heterocycles. The third-order valence-electron chi connectivity index (χ3n) is 8.06. The van der Waals surface area contributed by atoms with E-state index in [2.05, 4.69) is 5.32 Å². The highest BCUT2D eigenvalue weighted by atomic mass is 35.5. The molecule has 3 aromatic rings. The van der Waals surface area contributed by atoms with E-state index in [0.717, 1.165) is 48.8 Å². The highest BCUT2D eigenvalue weighted by Gasteiger charge is 2.32. The van der Waals surface area contributed by atoms with Crippen LogP contribution in [-0.4, -0.2) is 50.0 Å². The first-order valence-electron chi connectivity index (χ1n) is 15.1. The molecule has 1 aliphatic carbocycles. The van der Waals surface area contributed by atoms with Crippen LogP contribution in [0, 0.1) is 0 Å². The summed E-state index contributed by atoms with van der Waals surface area (Å²) in [5, 5.41) is 3.73. The Morgan fingerprint density at radius 2 is 1.58 bits per heavy atom. The van der Waals surface area contributed by atoms with Gasteiger partial charge in [-0.3, -0.25) is 13.9 Å². The number of benzene rings is 3. The third kappa shape index (κ3) is 9.31. The van der Waals surface area contributed by atoms with Gasteiger partial charge in [-0.2, -0.15) is 0 Å². The number of sulfonamides is 1. The zero-order valence-electron chi connectivity index (χ0n) is 25.0. The van der Waals surface area contributed by atoms with Gasteiger partial charge in [-0.1, -0.05) is 92.0 Å². The molecule has 1 aliphatic rings. The van der Waals surface area contributed by atoms with Crippen molar-refractivity contribution in [1.29, 1.82) is 0 Å². The summed E-state index contributed by atoms with van der Waals surface area (Å²) >= 11 is 6.53. The Hall–Kier alpha value is -3.36. The second kappa shape index (κ2) is 15.4. The first-order chi connectivity index (χ1) is 20.7. The van der Waals surface area contributed by atoms with E-state index >= 15 is 0 Å². The van der Waals surface area contributed by atoms with Crippen molar-refractivity contribution in [1.82, 2.24) is 10.2 Å². The minimum Gasteiger partial charge on any atom is -0.352 e. The van der Waals surface area contributed by atoms with Gasteiger partial charge in [0.1, 0.15) is 6.04 Å². The van der Waals surface area contributed by atoms with Gasteiger partial charge < -0.3 is 10.2 Å². The summed E-state index contributed by atoms with van der Waals surface area (Å²) in [4.78, 5) is 29.5. The molecule has 3 aromatic carbocycles. The van der Waals surface area contributed by atoms with Crippen molar-refractivity contribution in [3.05, 3.63) is 101 Å². The minimum absolute atomic E-state index is 0.0749. The summed E-state index contributed by atoms with van der Waals surface area (Å²) < 4.78 is 26.7. The Labute approximate surface area is 261 Å². The molecule has 1 saturated carbocycles. The highest BCUT2D eigenvalue weighted by Crippen LogP contribution is 2.24. The molecule has 7 nitrogen and oxygen atoms in total. The molecule has 1 N–H and O–H groups in total. The van der Waals surface area contributed by atoms with Gasteiger partial charge in [0.25, 0.3) is 0 Å². The van der Waals surface area contributed by atoms with E-state index in [1.54, 1.807) is 23.1 Å². The van der Waals surface area contributed by atoms with E-state index in [1.165, 1.54) is 10.6 Å². The summed E-state index contributed by atoms with van der Waals surface area (Å²) in [6, 6.07) is 23.8. The number of anilines is 1. The molecule has 0 aromatic heterocycles. The van der Waals surface area contributed by atoms with E-state index in [0.29, 0.717) is 23.6 Å². The van der Waals surface area contributed by atoms with Crippen molar-refractivity contribution in [3.63, 3.8) is 0 Å². The van der Waals surface area contributed by atoms with E-state index < -0.39 is 16.1 Å². The Bertz CT molecular complexity index is 1460. The number of hydrogen-bond acceptors (Lipinski definition) is 4. The number of nitrogens with one attached hydrogen (secondary N) is 1. The van der Waals surface area contributed by atoms with Gasteiger partial charge in [-0.05, 0) is 60.6 Å². The number of halogens is 1. The summed E-state index contributed by atoms with van der Waals surface area (Å²) in [6.45, 7) is 2.36. The summed E-state index contributed by atoms with van der Waals surface area (Å²) in [5.74, 6) is -0.401. The lowest BCUT2D eigenvalue weighted by molar-refractivity contribution is -0.141. The molecule has 230 valence electrons. The Morgan fingerprint density at radius 1 is 0.930 bits per heavy atom. The summed E-state index contributed by atoms with van der Waals surface area (Å²) in [5.41, 5.74) is 3.38. The predicted octanol–water partition coefficient (Wildman–Crippen LogP) is 6.15. The second-order valence-electron chi connectivity index (χ2n) is 11.3. The van der Waals surface area contributed by atoms with E-state index in [9.17, 15) is 18.0 Å². The monoisotopic (exact) mass is 623 g/mol. The lowest BCUT2D eigenvalue weighted by atomic mass is 10.0. The number of nitrogens with zero attached hydrogens (tertiary/aromatic N) is 2. The average molecular weight is 624 g/mol. The van der Waals surface area contributed by atoms with Gasteiger partial charge in [0.2, 0.25) is 21.8 Å². The Balaban J connectivity index is 1.58. The third-order valence-corrected chi connectivity index (χ3v) is 9.62. The van der Waals surface area contributed by atoms with E-state index in [4.69, 9.17) is 11.6 Å². The first kappa shape index (κ1) is 32.6. The largest absolute Gasteiger partial charge is 0.352 e. The maximum atomic E-state index is 14.0. The van der Waals surface area contributed by atoms with E-state index in [1.807, 2.05) is 67.6 Å². The zero-order valence-corrected chi connectivity index (χ0v) is 26.6. The molecule has 9 heteroatoms. The van der Waals surface area contributed by atoms with Crippen LogP contribution in [0.15, 0.2) is 78.9 Å². The lowest BCUT2D eigenvalue weighted by Crippen LogP contribution is -2.52. The highest BCUT2D eigenvalue weighted by molar-refractivity contribution is 7.92.